The van der Waals surface area contributed by atoms with Gasteiger partial charge in [-0.25, -0.2) is 13.4 Å². The number of carbonyl (C=O) groups excluding carboxylic acids is 1. The van der Waals surface area contributed by atoms with Crippen LogP contribution in [0.4, 0.5) is 5.69 Å². The van der Waals surface area contributed by atoms with Crippen molar-refractivity contribution in [1.29, 1.82) is 0 Å². The summed E-state index contributed by atoms with van der Waals surface area (Å²) in [6.07, 6.45) is 2.21. The van der Waals surface area contributed by atoms with Crippen LogP contribution in [0.1, 0.15) is 25.1 Å². The fraction of sp³-hybridized carbons (Fsp3) is 0.300. The van der Waals surface area contributed by atoms with Gasteiger partial charge < -0.3 is 15.4 Å². The maximum atomic E-state index is 12.7. The second-order valence-electron chi connectivity index (χ2n) is 7.04. The fourth-order valence-corrected chi connectivity index (χ4v) is 4.97. The molecule has 9 heteroatoms. The molecule has 1 amide bonds. The van der Waals surface area contributed by atoms with Gasteiger partial charge in [0.15, 0.2) is 0 Å². The first-order valence-corrected chi connectivity index (χ1v) is 10.9. The number of amides is 1. The highest BCUT2D eigenvalue weighted by Crippen LogP contribution is 2.29. The van der Waals surface area contributed by atoms with Crippen molar-refractivity contribution in [3.8, 4) is 5.75 Å². The number of carbonyl (C=O) groups is 1. The van der Waals surface area contributed by atoms with E-state index in [0.717, 1.165) is 23.9 Å². The molecule has 4 rings (SSSR count). The summed E-state index contributed by atoms with van der Waals surface area (Å²) in [6.45, 7) is 0.977. The minimum Gasteiger partial charge on any atom is -0.506 e. The quantitative estimate of drug-likeness (QED) is 0.536. The first-order chi connectivity index (χ1) is 13.9. The first-order valence-electron chi connectivity index (χ1n) is 9.50. The number of aromatic nitrogens is 2. The lowest BCUT2D eigenvalue weighted by molar-refractivity contribution is -0.116. The van der Waals surface area contributed by atoms with Gasteiger partial charge in [0.1, 0.15) is 11.6 Å². The Kier molecular flexibility index (Phi) is 5.25. The lowest BCUT2D eigenvalue weighted by atomic mass is 10.2. The second-order valence-corrected chi connectivity index (χ2v) is 8.98. The average molecular weight is 414 g/mol. The predicted octanol–water partition coefficient (Wildman–Crippen LogP) is 2.62. The molecular weight excluding hydrogens is 392 g/mol. The molecule has 0 bridgehead atoms. The minimum atomic E-state index is -3.63. The van der Waals surface area contributed by atoms with Crippen LogP contribution in [0.25, 0.3) is 11.0 Å². The molecule has 2 heterocycles. The Morgan fingerprint density at radius 2 is 1.93 bits per heavy atom. The molecule has 0 saturated carbocycles. The molecule has 0 unspecified atom stereocenters. The van der Waals surface area contributed by atoms with Crippen molar-refractivity contribution in [2.24, 2.45) is 0 Å². The summed E-state index contributed by atoms with van der Waals surface area (Å²) in [5.74, 6) is 0.176. The number of phenolic OH excluding ortho intramolecular Hbond substituents is 1. The van der Waals surface area contributed by atoms with Crippen molar-refractivity contribution < 1.29 is 18.3 Å². The zero-order chi connectivity index (χ0) is 20.4. The van der Waals surface area contributed by atoms with Crippen LogP contribution in [0.2, 0.25) is 0 Å². The van der Waals surface area contributed by atoms with Crippen LogP contribution in [0.15, 0.2) is 47.4 Å². The van der Waals surface area contributed by atoms with Crippen LogP contribution >= 0.6 is 0 Å². The van der Waals surface area contributed by atoms with Gasteiger partial charge in [0, 0.05) is 25.9 Å². The van der Waals surface area contributed by atoms with Crippen molar-refractivity contribution in [2.45, 2.75) is 30.6 Å². The van der Waals surface area contributed by atoms with Crippen LogP contribution < -0.4 is 5.32 Å². The topological polar surface area (TPSA) is 115 Å². The normalized spacial score (nSPS) is 15.0. The van der Waals surface area contributed by atoms with Crippen molar-refractivity contribution in [1.82, 2.24) is 14.3 Å². The maximum absolute atomic E-state index is 12.7. The Morgan fingerprint density at radius 3 is 2.69 bits per heavy atom. The zero-order valence-electron chi connectivity index (χ0n) is 15.8. The molecule has 1 aliphatic heterocycles. The van der Waals surface area contributed by atoms with E-state index in [1.165, 1.54) is 22.5 Å². The average Bonchev–Trinajstić information content (AvgIpc) is 3.38. The van der Waals surface area contributed by atoms with Crippen LogP contribution in [0.3, 0.4) is 0 Å². The Labute approximate surface area is 168 Å². The number of nitrogens with zero attached hydrogens (tertiary/aromatic N) is 2. The smallest absolute Gasteiger partial charge is 0.243 e. The van der Waals surface area contributed by atoms with Crippen LogP contribution in [-0.4, -0.2) is 46.8 Å². The molecule has 0 atom stereocenters. The van der Waals surface area contributed by atoms with Gasteiger partial charge in [-0.05, 0) is 43.2 Å². The highest BCUT2D eigenvalue weighted by molar-refractivity contribution is 7.89. The summed E-state index contributed by atoms with van der Waals surface area (Å²) in [6, 6.07) is 11.6. The molecule has 1 aliphatic rings. The molecule has 8 nitrogen and oxygen atoms in total. The Balaban J connectivity index is 1.44. The number of hydrogen-bond donors (Lipinski definition) is 3. The molecule has 0 spiro atoms. The number of aromatic hydroxyl groups is 1. The standard InChI is InChI=1S/C20H22N4O4S/c25-18-8-7-14(29(27,28)24-11-3-4-12-24)13-17(18)23-20(26)10-9-19-21-15-5-1-2-6-16(15)22-19/h1-2,5-8,13,25H,3-4,9-12H2,(H,21,22)(H,23,26). The van der Waals surface area contributed by atoms with E-state index in [0.29, 0.717) is 25.3 Å². The molecule has 1 saturated heterocycles. The molecule has 3 aromatic rings. The van der Waals surface area contributed by atoms with Gasteiger partial charge in [-0.3, -0.25) is 4.79 Å². The number of H-pyrrole nitrogens is 1. The molecule has 152 valence electrons. The highest BCUT2D eigenvalue weighted by atomic mass is 32.2. The molecule has 0 aliphatic carbocycles. The highest BCUT2D eigenvalue weighted by Gasteiger charge is 2.27. The largest absolute Gasteiger partial charge is 0.506 e. The van der Waals surface area contributed by atoms with E-state index < -0.39 is 10.0 Å². The number of benzene rings is 2. The van der Waals surface area contributed by atoms with E-state index >= 15 is 0 Å². The molecule has 2 aromatic carbocycles. The number of sulfonamides is 1. The summed E-state index contributed by atoms with van der Waals surface area (Å²) >= 11 is 0. The number of nitrogens with one attached hydrogen (secondary N) is 2. The molecule has 0 radical (unpaired) electrons. The lowest BCUT2D eigenvalue weighted by Gasteiger charge is -2.16. The maximum Gasteiger partial charge on any atom is 0.243 e. The van der Waals surface area contributed by atoms with Gasteiger partial charge in [-0.2, -0.15) is 4.31 Å². The van der Waals surface area contributed by atoms with E-state index in [2.05, 4.69) is 15.3 Å². The molecule has 29 heavy (non-hydrogen) atoms. The zero-order valence-corrected chi connectivity index (χ0v) is 16.6. The minimum absolute atomic E-state index is 0.0600. The number of phenols is 1. The van der Waals surface area contributed by atoms with Gasteiger partial charge in [0.2, 0.25) is 15.9 Å². The molecule has 3 N–H and O–H groups in total. The molecule has 1 aromatic heterocycles. The van der Waals surface area contributed by atoms with Crippen molar-refractivity contribution in [3.05, 3.63) is 48.3 Å². The predicted molar refractivity (Wildman–Crippen MR) is 109 cm³/mol. The van der Waals surface area contributed by atoms with Gasteiger partial charge in [-0.1, -0.05) is 12.1 Å². The number of para-hydroxylation sites is 2. The van der Waals surface area contributed by atoms with Gasteiger partial charge in [-0.15, -0.1) is 0 Å². The van der Waals surface area contributed by atoms with Crippen LogP contribution in [-0.2, 0) is 21.2 Å². The summed E-state index contributed by atoms with van der Waals surface area (Å²) in [4.78, 5) is 20.0. The SMILES string of the molecule is O=C(CCc1nc2ccccc2[nH]1)Nc1cc(S(=O)(=O)N2CCCC2)ccc1O. The van der Waals surface area contributed by atoms with E-state index in [9.17, 15) is 18.3 Å². The number of aryl methyl sites for hydroxylation is 1. The number of imidazole rings is 1. The van der Waals surface area contributed by atoms with Crippen molar-refractivity contribution in [2.75, 3.05) is 18.4 Å². The summed E-state index contributed by atoms with van der Waals surface area (Å²) in [5.41, 5.74) is 1.82. The molecule has 1 fully saturated rings. The third kappa shape index (κ3) is 4.10. The first kappa shape index (κ1) is 19.4. The Bertz CT molecular complexity index is 1120. The Hall–Kier alpha value is -2.91. The van der Waals surface area contributed by atoms with Gasteiger partial charge in [0.05, 0.1) is 21.6 Å². The number of anilines is 1. The fourth-order valence-electron chi connectivity index (χ4n) is 3.42. The third-order valence-electron chi connectivity index (χ3n) is 4.97. The summed E-state index contributed by atoms with van der Waals surface area (Å²) in [7, 11) is -3.63. The van der Waals surface area contributed by atoms with Crippen LogP contribution in [0.5, 0.6) is 5.75 Å². The van der Waals surface area contributed by atoms with Crippen LogP contribution in [0, 0.1) is 0 Å². The van der Waals surface area contributed by atoms with E-state index in [1.54, 1.807) is 0 Å². The summed E-state index contributed by atoms with van der Waals surface area (Å²) in [5, 5.41) is 12.7. The Morgan fingerprint density at radius 1 is 1.17 bits per heavy atom. The van der Waals surface area contributed by atoms with E-state index in [4.69, 9.17) is 0 Å². The number of hydrogen-bond acceptors (Lipinski definition) is 5. The molecular formula is C20H22N4O4S. The van der Waals surface area contributed by atoms with Crippen molar-refractivity contribution >= 4 is 32.7 Å². The van der Waals surface area contributed by atoms with E-state index in [-0.39, 0.29) is 28.7 Å². The number of aromatic amines is 1. The second kappa shape index (κ2) is 7.84. The van der Waals surface area contributed by atoms with Gasteiger partial charge >= 0.3 is 0 Å². The third-order valence-corrected chi connectivity index (χ3v) is 6.87. The monoisotopic (exact) mass is 414 g/mol. The van der Waals surface area contributed by atoms with E-state index in [1.807, 2.05) is 24.3 Å². The van der Waals surface area contributed by atoms with Gasteiger partial charge in [0.25, 0.3) is 0 Å². The number of fused-ring (bicyclic) bond motifs is 1. The number of rotatable bonds is 6. The van der Waals surface area contributed by atoms with Crippen molar-refractivity contribution in [3.63, 3.8) is 0 Å². The summed E-state index contributed by atoms with van der Waals surface area (Å²) < 4.78 is 26.8. The lowest BCUT2D eigenvalue weighted by Crippen LogP contribution is -2.28.